The minimum Gasteiger partial charge on any atom is -0.355 e. The fourth-order valence-corrected chi connectivity index (χ4v) is 1.91. The van der Waals surface area contributed by atoms with Crippen LogP contribution in [0.15, 0.2) is 35.1 Å². The SMILES string of the molecule is CCNC(=O)CNC(=O)c1cc(=O)[nH]c2ccccc12. The highest BCUT2D eigenvalue weighted by atomic mass is 16.2. The molecule has 0 aliphatic rings. The molecule has 0 aliphatic carbocycles. The number of H-pyrrole nitrogens is 1. The molecule has 1 aromatic carbocycles. The van der Waals surface area contributed by atoms with E-state index in [1.54, 1.807) is 31.2 Å². The number of carbonyl (C=O) groups excluding carboxylic acids is 2. The zero-order valence-corrected chi connectivity index (χ0v) is 11.0. The molecule has 0 unspecified atom stereocenters. The molecule has 1 aromatic heterocycles. The van der Waals surface area contributed by atoms with Gasteiger partial charge >= 0.3 is 0 Å². The summed E-state index contributed by atoms with van der Waals surface area (Å²) in [7, 11) is 0. The minimum atomic E-state index is -0.446. The number of hydrogen-bond donors (Lipinski definition) is 3. The molecule has 0 saturated heterocycles. The highest BCUT2D eigenvalue weighted by Gasteiger charge is 2.12. The molecule has 6 heteroatoms. The van der Waals surface area contributed by atoms with Crippen LogP contribution in [-0.2, 0) is 4.79 Å². The van der Waals surface area contributed by atoms with Crippen molar-refractivity contribution >= 4 is 22.7 Å². The Hall–Kier alpha value is -2.63. The van der Waals surface area contributed by atoms with Crippen molar-refractivity contribution in [2.24, 2.45) is 0 Å². The molecular weight excluding hydrogens is 258 g/mol. The molecule has 20 heavy (non-hydrogen) atoms. The molecule has 0 radical (unpaired) electrons. The smallest absolute Gasteiger partial charge is 0.252 e. The first-order valence-electron chi connectivity index (χ1n) is 6.28. The Bertz CT molecular complexity index is 706. The Balaban J connectivity index is 2.26. The van der Waals surface area contributed by atoms with E-state index in [1.807, 2.05) is 0 Å². The fourth-order valence-electron chi connectivity index (χ4n) is 1.91. The molecule has 0 spiro atoms. The Morgan fingerprint density at radius 3 is 2.70 bits per heavy atom. The minimum absolute atomic E-state index is 0.117. The first-order chi connectivity index (χ1) is 9.61. The number of rotatable bonds is 4. The van der Waals surface area contributed by atoms with Gasteiger partial charge in [0.05, 0.1) is 12.1 Å². The van der Waals surface area contributed by atoms with Crippen LogP contribution in [0.4, 0.5) is 0 Å². The number of hydrogen-bond acceptors (Lipinski definition) is 3. The third kappa shape index (κ3) is 3.03. The van der Waals surface area contributed by atoms with Gasteiger partial charge in [0, 0.05) is 23.5 Å². The summed E-state index contributed by atoms with van der Waals surface area (Å²) < 4.78 is 0. The molecule has 0 saturated carbocycles. The van der Waals surface area contributed by atoms with E-state index in [2.05, 4.69) is 15.6 Å². The number of aromatic nitrogens is 1. The molecule has 2 amide bonds. The van der Waals surface area contributed by atoms with Crippen LogP contribution in [0.25, 0.3) is 10.9 Å². The number of benzene rings is 1. The molecule has 3 N–H and O–H groups in total. The third-order valence-electron chi connectivity index (χ3n) is 2.78. The summed E-state index contributed by atoms with van der Waals surface area (Å²) in [4.78, 5) is 37.6. The number of aromatic amines is 1. The summed E-state index contributed by atoms with van der Waals surface area (Å²) in [6.45, 7) is 2.18. The number of likely N-dealkylation sites (N-methyl/N-ethyl adjacent to an activating group) is 1. The van der Waals surface area contributed by atoms with E-state index in [1.165, 1.54) is 6.07 Å². The second-order valence-corrected chi connectivity index (χ2v) is 4.23. The van der Waals surface area contributed by atoms with Crippen molar-refractivity contribution in [2.75, 3.05) is 13.1 Å². The third-order valence-corrected chi connectivity index (χ3v) is 2.78. The topological polar surface area (TPSA) is 91.1 Å². The average molecular weight is 273 g/mol. The van der Waals surface area contributed by atoms with Gasteiger partial charge in [0.2, 0.25) is 11.5 Å². The van der Waals surface area contributed by atoms with Crippen LogP contribution in [0.3, 0.4) is 0 Å². The Morgan fingerprint density at radius 1 is 1.20 bits per heavy atom. The standard InChI is InChI=1S/C14H15N3O3/c1-2-15-13(19)8-16-14(20)10-7-12(18)17-11-6-4-3-5-9(10)11/h3-7H,2,8H2,1H3,(H,15,19)(H,16,20)(H,17,18). The van der Waals surface area contributed by atoms with Gasteiger partial charge in [0.15, 0.2) is 0 Å². The number of para-hydroxylation sites is 1. The van der Waals surface area contributed by atoms with Crippen LogP contribution in [-0.4, -0.2) is 29.9 Å². The predicted molar refractivity (Wildman–Crippen MR) is 75.6 cm³/mol. The number of carbonyl (C=O) groups is 2. The van der Waals surface area contributed by atoms with Crippen molar-refractivity contribution < 1.29 is 9.59 Å². The lowest BCUT2D eigenvalue weighted by Gasteiger charge is -2.07. The Morgan fingerprint density at radius 2 is 1.95 bits per heavy atom. The van der Waals surface area contributed by atoms with E-state index in [0.29, 0.717) is 17.4 Å². The molecule has 104 valence electrons. The largest absolute Gasteiger partial charge is 0.355 e. The summed E-state index contributed by atoms with van der Waals surface area (Å²) in [5, 5.41) is 5.72. The van der Waals surface area contributed by atoms with Gasteiger partial charge in [-0.1, -0.05) is 18.2 Å². The molecule has 0 atom stereocenters. The average Bonchev–Trinajstić information content (AvgIpc) is 2.44. The van der Waals surface area contributed by atoms with Crippen molar-refractivity contribution in [2.45, 2.75) is 6.92 Å². The number of fused-ring (bicyclic) bond motifs is 1. The van der Waals surface area contributed by atoms with Crippen LogP contribution in [0.2, 0.25) is 0 Å². The van der Waals surface area contributed by atoms with Crippen LogP contribution in [0.5, 0.6) is 0 Å². The molecule has 2 rings (SSSR count). The Labute approximate surface area is 115 Å². The van der Waals surface area contributed by atoms with Gasteiger partial charge in [-0.3, -0.25) is 14.4 Å². The van der Waals surface area contributed by atoms with E-state index in [9.17, 15) is 14.4 Å². The highest BCUT2D eigenvalue weighted by molar-refractivity contribution is 6.06. The van der Waals surface area contributed by atoms with Gasteiger partial charge in [0.1, 0.15) is 0 Å². The zero-order chi connectivity index (χ0) is 14.5. The van der Waals surface area contributed by atoms with Crippen molar-refractivity contribution in [3.05, 3.63) is 46.2 Å². The first-order valence-corrected chi connectivity index (χ1v) is 6.28. The molecule has 0 bridgehead atoms. The van der Waals surface area contributed by atoms with Gasteiger partial charge in [0.25, 0.3) is 5.91 Å². The van der Waals surface area contributed by atoms with Crippen molar-refractivity contribution in [3.63, 3.8) is 0 Å². The lowest BCUT2D eigenvalue weighted by Crippen LogP contribution is -2.37. The van der Waals surface area contributed by atoms with E-state index >= 15 is 0 Å². The summed E-state index contributed by atoms with van der Waals surface area (Å²) >= 11 is 0. The van der Waals surface area contributed by atoms with E-state index in [4.69, 9.17) is 0 Å². The fraction of sp³-hybridized carbons (Fsp3) is 0.214. The van der Waals surface area contributed by atoms with Crippen LogP contribution >= 0.6 is 0 Å². The molecule has 0 fully saturated rings. The number of nitrogens with one attached hydrogen (secondary N) is 3. The monoisotopic (exact) mass is 273 g/mol. The highest BCUT2D eigenvalue weighted by Crippen LogP contribution is 2.14. The normalized spacial score (nSPS) is 10.2. The summed E-state index contributed by atoms with van der Waals surface area (Å²) in [6.07, 6.45) is 0. The van der Waals surface area contributed by atoms with E-state index < -0.39 is 5.91 Å². The van der Waals surface area contributed by atoms with E-state index in [-0.39, 0.29) is 23.6 Å². The molecule has 0 aliphatic heterocycles. The van der Waals surface area contributed by atoms with Crippen LogP contribution in [0.1, 0.15) is 17.3 Å². The van der Waals surface area contributed by atoms with Gasteiger partial charge < -0.3 is 15.6 Å². The van der Waals surface area contributed by atoms with Crippen molar-refractivity contribution in [1.29, 1.82) is 0 Å². The second-order valence-electron chi connectivity index (χ2n) is 4.23. The van der Waals surface area contributed by atoms with Crippen LogP contribution in [0, 0.1) is 0 Å². The van der Waals surface area contributed by atoms with Crippen molar-refractivity contribution in [1.82, 2.24) is 15.6 Å². The first kappa shape index (κ1) is 13.8. The number of amides is 2. The van der Waals surface area contributed by atoms with Gasteiger partial charge in [-0.15, -0.1) is 0 Å². The molecule has 6 nitrogen and oxygen atoms in total. The van der Waals surface area contributed by atoms with Crippen LogP contribution < -0.4 is 16.2 Å². The quantitative estimate of drug-likeness (QED) is 0.752. The maximum atomic E-state index is 12.1. The maximum Gasteiger partial charge on any atom is 0.252 e. The summed E-state index contributed by atoms with van der Waals surface area (Å²) in [5.74, 6) is -0.714. The van der Waals surface area contributed by atoms with Crippen molar-refractivity contribution in [3.8, 4) is 0 Å². The van der Waals surface area contributed by atoms with Gasteiger partial charge in [-0.05, 0) is 13.0 Å². The summed E-state index contributed by atoms with van der Waals surface area (Å²) in [5.41, 5.74) is 0.490. The van der Waals surface area contributed by atoms with E-state index in [0.717, 1.165) is 0 Å². The predicted octanol–water partition coefficient (Wildman–Crippen LogP) is 0.394. The zero-order valence-electron chi connectivity index (χ0n) is 11.0. The Kier molecular flexibility index (Phi) is 4.14. The molecular formula is C14H15N3O3. The lowest BCUT2D eigenvalue weighted by atomic mass is 10.1. The second kappa shape index (κ2) is 6.01. The van der Waals surface area contributed by atoms with Gasteiger partial charge in [-0.2, -0.15) is 0 Å². The molecule has 2 aromatic rings. The summed E-state index contributed by atoms with van der Waals surface area (Å²) in [6, 6.07) is 8.24. The number of pyridine rings is 1. The maximum absolute atomic E-state index is 12.1. The van der Waals surface area contributed by atoms with Gasteiger partial charge in [-0.25, -0.2) is 0 Å². The lowest BCUT2D eigenvalue weighted by molar-refractivity contribution is -0.120. The molecule has 1 heterocycles.